The summed E-state index contributed by atoms with van der Waals surface area (Å²) < 4.78 is 11.1. The standard InChI is InChI=1S/C20H21IN2O3/c21-20-13-23(16-4-2-1-3-5-16)11-10-22(20)9-8-17(24)15-6-7-18-19(12-15)26-14-25-18/h1-7,12,20H,8-11,13-14H2. The van der Waals surface area contributed by atoms with Gasteiger partial charge in [0.25, 0.3) is 0 Å². The quantitative estimate of drug-likeness (QED) is 0.293. The molecule has 0 spiro atoms. The second kappa shape index (κ2) is 7.84. The minimum Gasteiger partial charge on any atom is -0.454 e. The highest BCUT2D eigenvalue weighted by Crippen LogP contribution is 2.33. The maximum Gasteiger partial charge on any atom is 0.231 e. The van der Waals surface area contributed by atoms with Gasteiger partial charge >= 0.3 is 0 Å². The van der Waals surface area contributed by atoms with Crippen LogP contribution in [0.25, 0.3) is 0 Å². The summed E-state index contributed by atoms with van der Waals surface area (Å²) >= 11 is 2.48. The van der Waals surface area contributed by atoms with Gasteiger partial charge in [-0.1, -0.05) is 40.8 Å². The van der Waals surface area contributed by atoms with Crippen LogP contribution in [0.4, 0.5) is 5.69 Å². The van der Waals surface area contributed by atoms with Gasteiger partial charge in [0.05, 0.1) is 4.05 Å². The number of nitrogens with zero attached hydrogens (tertiary/aromatic N) is 2. The number of hydrogen-bond acceptors (Lipinski definition) is 5. The molecule has 0 radical (unpaired) electrons. The smallest absolute Gasteiger partial charge is 0.231 e. The van der Waals surface area contributed by atoms with Crippen molar-refractivity contribution in [1.82, 2.24) is 4.90 Å². The zero-order valence-electron chi connectivity index (χ0n) is 14.4. The molecular formula is C20H21IN2O3. The lowest BCUT2D eigenvalue weighted by atomic mass is 10.1. The number of anilines is 1. The van der Waals surface area contributed by atoms with Crippen LogP contribution in [0.2, 0.25) is 0 Å². The molecule has 26 heavy (non-hydrogen) atoms. The third kappa shape index (κ3) is 3.81. The molecule has 2 aliphatic heterocycles. The average molecular weight is 464 g/mol. The van der Waals surface area contributed by atoms with Crippen LogP contribution < -0.4 is 14.4 Å². The van der Waals surface area contributed by atoms with Crippen LogP contribution in [0.3, 0.4) is 0 Å². The first-order valence-corrected chi connectivity index (χ1v) is 10.1. The first-order chi connectivity index (χ1) is 12.7. The fourth-order valence-corrected chi connectivity index (χ4v) is 4.40. The molecule has 2 aliphatic rings. The van der Waals surface area contributed by atoms with Gasteiger partial charge in [-0.15, -0.1) is 0 Å². The minimum atomic E-state index is 0.150. The number of carbonyl (C=O) groups is 1. The highest BCUT2D eigenvalue weighted by Gasteiger charge is 2.25. The third-order valence-electron chi connectivity index (χ3n) is 4.87. The lowest BCUT2D eigenvalue weighted by Gasteiger charge is -2.40. The number of Topliss-reactive ketones (excluding diaryl/α,β-unsaturated/α-hetero) is 1. The molecule has 0 aliphatic carbocycles. The van der Waals surface area contributed by atoms with Crippen LogP contribution in [-0.4, -0.2) is 47.7 Å². The maximum atomic E-state index is 12.5. The van der Waals surface area contributed by atoms with Crippen LogP contribution >= 0.6 is 22.6 Å². The van der Waals surface area contributed by atoms with Gasteiger partial charge in [0, 0.05) is 43.9 Å². The van der Waals surface area contributed by atoms with Crippen LogP contribution in [0.15, 0.2) is 48.5 Å². The fourth-order valence-electron chi connectivity index (χ4n) is 3.36. The predicted octanol–water partition coefficient (Wildman–Crippen LogP) is 3.57. The summed E-state index contributed by atoms with van der Waals surface area (Å²) in [7, 11) is 0. The molecule has 6 heteroatoms. The number of fused-ring (bicyclic) bond motifs is 1. The van der Waals surface area contributed by atoms with Crippen molar-refractivity contribution < 1.29 is 14.3 Å². The van der Waals surface area contributed by atoms with Gasteiger partial charge in [0.2, 0.25) is 6.79 Å². The number of ether oxygens (including phenoxy) is 2. The average Bonchev–Trinajstić information content (AvgIpc) is 3.15. The Bertz CT molecular complexity index is 784. The Balaban J connectivity index is 1.32. The van der Waals surface area contributed by atoms with E-state index in [1.54, 1.807) is 6.07 Å². The highest BCUT2D eigenvalue weighted by atomic mass is 127. The van der Waals surface area contributed by atoms with E-state index in [2.05, 4.69) is 56.7 Å². The van der Waals surface area contributed by atoms with Crippen molar-refractivity contribution in [2.45, 2.75) is 10.5 Å². The normalized spacial score (nSPS) is 19.6. The van der Waals surface area contributed by atoms with E-state index in [1.807, 2.05) is 18.2 Å². The number of benzene rings is 2. The summed E-state index contributed by atoms with van der Waals surface area (Å²) in [6.45, 7) is 3.94. The van der Waals surface area contributed by atoms with Crippen LogP contribution in [-0.2, 0) is 0 Å². The second-order valence-electron chi connectivity index (χ2n) is 6.49. The summed E-state index contributed by atoms with van der Waals surface area (Å²) in [6.07, 6.45) is 0.518. The SMILES string of the molecule is O=C(CCN1CCN(c2ccccc2)CC1I)c1ccc2c(c1)OCO2. The molecular weight excluding hydrogens is 443 g/mol. The molecule has 2 aromatic rings. The van der Waals surface area contributed by atoms with Gasteiger partial charge in [-0.25, -0.2) is 0 Å². The Morgan fingerprint density at radius 1 is 1.08 bits per heavy atom. The number of ketones is 1. The molecule has 4 rings (SSSR count). The number of alkyl halides is 1. The van der Waals surface area contributed by atoms with Crippen molar-refractivity contribution in [1.29, 1.82) is 0 Å². The number of carbonyl (C=O) groups excluding carboxylic acids is 1. The monoisotopic (exact) mass is 464 g/mol. The molecule has 1 saturated heterocycles. The van der Waals surface area contributed by atoms with E-state index >= 15 is 0 Å². The van der Waals surface area contributed by atoms with Gasteiger partial charge in [-0.05, 0) is 30.3 Å². The Hall–Kier alpha value is -1.80. The number of halogens is 1. The van der Waals surface area contributed by atoms with E-state index in [0.29, 0.717) is 27.5 Å². The molecule has 5 nitrogen and oxygen atoms in total. The molecule has 136 valence electrons. The van der Waals surface area contributed by atoms with E-state index in [0.717, 1.165) is 26.2 Å². The lowest BCUT2D eigenvalue weighted by Crippen LogP contribution is -2.51. The predicted molar refractivity (Wildman–Crippen MR) is 110 cm³/mol. The first kappa shape index (κ1) is 17.6. The van der Waals surface area contributed by atoms with E-state index in [1.165, 1.54) is 5.69 Å². The molecule has 1 fully saturated rings. The van der Waals surface area contributed by atoms with Crippen molar-refractivity contribution in [3.8, 4) is 11.5 Å². The summed E-state index contributed by atoms with van der Waals surface area (Å²) in [4.78, 5) is 17.3. The summed E-state index contributed by atoms with van der Waals surface area (Å²) in [5.74, 6) is 1.53. The van der Waals surface area contributed by atoms with Crippen molar-refractivity contribution >= 4 is 34.1 Å². The fraction of sp³-hybridized carbons (Fsp3) is 0.350. The number of para-hydroxylation sites is 1. The maximum absolute atomic E-state index is 12.5. The lowest BCUT2D eigenvalue weighted by molar-refractivity contribution is 0.0960. The largest absolute Gasteiger partial charge is 0.454 e. The molecule has 0 aromatic heterocycles. The summed E-state index contributed by atoms with van der Waals surface area (Å²) in [5.41, 5.74) is 1.97. The second-order valence-corrected chi connectivity index (χ2v) is 7.93. The highest BCUT2D eigenvalue weighted by molar-refractivity contribution is 14.1. The van der Waals surface area contributed by atoms with Crippen LogP contribution in [0, 0.1) is 0 Å². The molecule has 1 unspecified atom stereocenters. The molecule has 0 bridgehead atoms. The molecule has 0 amide bonds. The molecule has 1 atom stereocenters. The van der Waals surface area contributed by atoms with Crippen molar-refractivity contribution in [3.63, 3.8) is 0 Å². The Kier molecular flexibility index (Phi) is 5.31. The van der Waals surface area contributed by atoms with E-state index < -0.39 is 0 Å². The summed E-state index contributed by atoms with van der Waals surface area (Å²) in [6, 6.07) is 15.9. The summed E-state index contributed by atoms with van der Waals surface area (Å²) in [5, 5.41) is 0. The topological polar surface area (TPSA) is 42.0 Å². The number of piperazine rings is 1. The number of hydrogen-bond donors (Lipinski definition) is 0. The molecule has 2 heterocycles. The van der Waals surface area contributed by atoms with Crippen LogP contribution in [0.1, 0.15) is 16.8 Å². The third-order valence-corrected chi connectivity index (χ3v) is 6.05. The van der Waals surface area contributed by atoms with E-state index in [-0.39, 0.29) is 12.6 Å². The first-order valence-electron chi connectivity index (χ1n) is 8.82. The molecule has 0 saturated carbocycles. The zero-order valence-corrected chi connectivity index (χ0v) is 16.6. The van der Waals surface area contributed by atoms with E-state index in [9.17, 15) is 4.79 Å². The van der Waals surface area contributed by atoms with Gasteiger partial charge < -0.3 is 14.4 Å². The molecule has 2 aromatic carbocycles. The van der Waals surface area contributed by atoms with Gasteiger partial charge in [-0.2, -0.15) is 0 Å². The van der Waals surface area contributed by atoms with Gasteiger partial charge in [-0.3, -0.25) is 9.69 Å². The number of rotatable bonds is 5. The minimum absolute atomic E-state index is 0.150. The van der Waals surface area contributed by atoms with Gasteiger partial charge in [0.15, 0.2) is 17.3 Å². The molecule has 0 N–H and O–H groups in total. The van der Waals surface area contributed by atoms with Crippen molar-refractivity contribution in [3.05, 3.63) is 54.1 Å². The zero-order chi connectivity index (χ0) is 17.9. The van der Waals surface area contributed by atoms with Crippen molar-refractivity contribution in [2.75, 3.05) is 37.9 Å². The van der Waals surface area contributed by atoms with Crippen molar-refractivity contribution in [2.24, 2.45) is 0 Å². The van der Waals surface area contributed by atoms with Crippen LogP contribution in [0.5, 0.6) is 11.5 Å². The van der Waals surface area contributed by atoms with E-state index in [4.69, 9.17) is 9.47 Å². The Morgan fingerprint density at radius 3 is 2.69 bits per heavy atom. The Labute approximate surface area is 167 Å². The van der Waals surface area contributed by atoms with Gasteiger partial charge in [0.1, 0.15) is 0 Å². The Morgan fingerprint density at radius 2 is 1.88 bits per heavy atom.